The molecule has 0 saturated carbocycles. The van der Waals surface area contributed by atoms with E-state index in [0.29, 0.717) is 12.5 Å². The van der Waals surface area contributed by atoms with Crippen molar-refractivity contribution in [1.82, 2.24) is 20.5 Å². The number of guanidine groups is 1. The predicted octanol–water partition coefficient (Wildman–Crippen LogP) is 4.14. The Bertz CT molecular complexity index is 783. The van der Waals surface area contributed by atoms with Crippen LogP contribution in [0.4, 0.5) is 0 Å². The fraction of sp³-hybridized carbons (Fsp3) is 0.524. The maximum Gasteiger partial charge on any atom is 0.208 e. The molecule has 0 amide bonds. The maximum absolute atomic E-state index is 6.22. The number of hydrogen-bond acceptors (Lipinski definition) is 4. The summed E-state index contributed by atoms with van der Waals surface area (Å²) < 4.78 is 5.71. The molecule has 1 aliphatic rings. The third-order valence-electron chi connectivity index (χ3n) is 5.32. The van der Waals surface area contributed by atoms with E-state index in [9.17, 15) is 0 Å². The molecule has 1 aromatic heterocycles. The Morgan fingerprint density at radius 2 is 1.97 bits per heavy atom. The Balaban J connectivity index is 0.00000300. The SMILES string of the molecule is CN=C(NCc1ccccc1Cl)NCC1CCN(Cc2nc(C)c(C)o2)CC1.I. The molecule has 29 heavy (non-hydrogen) atoms. The summed E-state index contributed by atoms with van der Waals surface area (Å²) in [5.74, 6) is 3.21. The molecule has 8 heteroatoms. The van der Waals surface area contributed by atoms with Crippen LogP contribution in [0.3, 0.4) is 0 Å². The minimum atomic E-state index is 0. The summed E-state index contributed by atoms with van der Waals surface area (Å²) in [5.41, 5.74) is 2.06. The van der Waals surface area contributed by atoms with Gasteiger partial charge in [-0.05, 0) is 57.3 Å². The second-order valence-electron chi connectivity index (χ2n) is 7.37. The first-order valence-electron chi connectivity index (χ1n) is 9.88. The second-order valence-corrected chi connectivity index (χ2v) is 7.77. The van der Waals surface area contributed by atoms with Gasteiger partial charge in [0, 0.05) is 25.2 Å². The molecule has 0 spiro atoms. The van der Waals surface area contributed by atoms with E-state index in [-0.39, 0.29) is 24.0 Å². The van der Waals surface area contributed by atoms with Gasteiger partial charge in [-0.25, -0.2) is 4.98 Å². The number of likely N-dealkylation sites (tertiary alicyclic amines) is 1. The van der Waals surface area contributed by atoms with Crippen molar-refractivity contribution in [2.75, 3.05) is 26.7 Å². The molecule has 0 unspecified atom stereocenters. The fourth-order valence-electron chi connectivity index (χ4n) is 3.43. The van der Waals surface area contributed by atoms with Crippen LogP contribution in [-0.2, 0) is 13.1 Å². The van der Waals surface area contributed by atoms with Gasteiger partial charge in [-0.2, -0.15) is 0 Å². The highest BCUT2D eigenvalue weighted by atomic mass is 127. The summed E-state index contributed by atoms with van der Waals surface area (Å²) in [7, 11) is 1.80. The lowest BCUT2D eigenvalue weighted by atomic mass is 9.97. The van der Waals surface area contributed by atoms with Gasteiger partial charge in [0.2, 0.25) is 5.89 Å². The summed E-state index contributed by atoms with van der Waals surface area (Å²) in [6.07, 6.45) is 2.32. The van der Waals surface area contributed by atoms with Crippen molar-refractivity contribution in [2.24, 2.45) is 10.9 Å². The van der Waals surface area contributed by atoms with Crippen molar-refractivity contribution >= 4 is 41.5 Å². The van der Waals surface area contributed by atoms with Gasteiger partial charge < -0.3 is 15.1 Å². The largest absolute Gasteiger partial charge is 0.444 e. The van der Waals surface area contributed by atoms with Crippen LogP contribution < -0.4 is 10.6 Å². The van der Waals surface area contributed by atoms with E-state index in [1.807, 2.05) is 38.1 Å². The van der Waals surface area contributed by atoms with Gasteiger partial charge >= 0.3 is 0 Å². The van der Waals surface area contributed by atoms with Gasteiger partial charge in [-0.3, -0.25) is 9.89 Å². The van der Waals surface area contributed by atoms with E-state index in [0.717, 1.165) is 72.9 Å². The number of aromatic nitrogens is 1. The Labute approximate surface area is 195 Å². The fourth-order valence-corrected chi connectivity index (χ4v) is 3.63. The molecule has 3 rings (SSSR count). The van der Waals surface area contributed by atoms with Crippen LogP contribution in [-0.4, -0.2) is 42.5 Å². The topological polar surface area (TPSA) is 65.7 Å². The Kier molecular flexibility index (Phi) is 9.71. The van der Waals surface area contributed by atoms with E-state index in [2.05, 4.69) is 25.5 Å². The number of rotatable bonds is 6. The molecule has 2 heterocycles. The maximum atomic E-state index is 6.22. The van der Waals surface area contributed by atoms with Crippen LogP contribution in [0.25, 0.3) is 0 Å². The number of aliphatic imine (C=N–C) groups is 1. The number of halogens is 2. The van der Waals surface area contributed by atoms with Crippen LogP contribution in [0.5, 0.6) is 0 Å². The van der Waals surface area contributed by atoms with Crippen LogP contribution in [0, 0.1) is 19.8 Å². The van der Waals surface area contributed by atoms with Crippen molar-refractivity contribution in [3.05, 3.63) is 52.2 Å². The lowest BCUT2D eigenvalue weighted by molar-refractivity contribution is 0.164. The number of nitrogens with zero attached hydrogens (tertiary/aromatic N) is 3. The Morgan fingerprint density at radius 1 is 1.24 bits per heavy atom. The number of aryl methyl sites for hydroxylation is 2. The molecular formula is C21H31ClIN5O. The standard InChI is InChI=1S/C21H30ClN5O.HI/c1-15-16(2)28-20(26-15)14-27-10-8-17(9-11-27)12-24-21(23-3)25-13-18-6-4-5-7-19(18)22;/h4-7,17H,8-14H2,1-3H3,(H2,23,24,25);1H. The van der Waals surface area contributed by atoms with E-state index < -0.39 is 0 Å². The quantitative estimate of drug-likeness (QED) is 0.333. The van der Waals surface area contributed by atoms with Gasteiger partial charge in [0.1, 0.15) is 5.76 Å². The average Bonchev–Trinajstić information content (AvgIpc) is 3.01. The number of hydrogen-bond donors (Lipinski definition) is 2. The normalized spacial score (nSPS) is 15.8. The molecule has 1 aromatic carbocycles. The minimum Gasteiger partial charge on any atom is -0.444 e. The van der Waals surface area contributed by atoms with Crippen molar-refractivity contribution in [3.8, 4) is 0 Å². The molecule has 6 nitrogen and oxygen atoms in total. The molecule has 0 radical (unpaired) electrons. The van der Waals surface area contributed by atoms with Crippen molar-refractivity contribution in [1.29, 1.82) is 0 Å². The number of oxazole rings is 1. The molecule has 160 valence electrons. The molecule has 0 bridgehead atoms. The van der Waals surface area contributed by atoms with Gasteiger partial charge in [0.05, 0.1) is 12.2 Å². The highest BCUT2D eigenvalue weighted by molar-refractivity contribution is 14.0. The number of piperidine rings is 1. The van der Waals surface area contributed by atoms with Crippen LogP contribution >= 0.6 is 35.6 Å². The third-order valence-corrected chi connectivity index (χ3v) is 5.69. The highest BCUT2D eigenvalue weighted by Crippen LogP contribution is 2.19. The first kappa shape index (κ1) is 24.0. The van der Waals surface area contributed by atoms with E-state index in [4.69, 9.17) is 16.0 Å². The van der Waals surface area contributed by atoms with Gasteiger partial charge in [0.25, 0.3) is 0 Å². The average molecular weight is 532 g/mol. The van der Waals surface area contributed by atoms with Crippen molar-refractivity contribution in [3.63, 3.8) is 0 Å². The van der Waals surface area contributed by atoms with Crippen molar-refractivity contribution < 1.29 is 4.42 Å². The minimum absolute atomic E-state index is 0. The predicted molar refractivity (Wildman–Crippen MR) is 129 cm³/mol. The zero-order valence-corrected chi connectivity index (χ0v) is 20.5. The summed E-state index contributed by atoms with van der Waals surface area (Å²) in [6, 6.07) is 7.86. The molecule has 0 atom stereocenters. The van der Waals surface area contributed by atoms with Crippen LogP contribution in [0.1, 0.15) is 35.7 Å². The molecular weight excluding hydrogens is 501 g/mol. The molecule has 0 aliphatic carbocycles. The van der Waals surface area contributed by atoms with Crippen LogP contribution in [0.15, 0.2) is 33.7 Å². The van der Waals surface area contributed by atoms with Gasteiger partial charge in [-0.15, -0.1) is 24.0 Å². The molecule has 1 aliphatic heterocycles. The first-order chi connectivity index (χ1) is 13.5. The molecule has 1 saturated heterocycles. The summed E-state index contributed by atoms with van der Waals surface area (Å²) in [4.78, 5) is 11.2. The van der Waals surface area contributed by atoms with Gasteiger partial charge in [-0.1, -0.05) is 29.8 Å². The Morgan fingerprint density at radius 3 is 2.59 bits per heavy atom. The molecule has 2 N–H and O–H groups in total. The smallest absolute Gasteiger partial charge is 0.208 e. The zero-order chi connectivity index (χ0) is 19.9. The lowest BCUT2D eigenvalue weighted by Gasteiger charge is -2.31. The Hall–Kier alpha value is -1.32. The summed E-state index contributed by atoms with van der Waals surface area (Å²) in [6.45, 7) is 8.48. The first-order valence-corrected chi connectivity index (χ1v) is 10.3. The van der Waals surface area contributed by atoms with Crippen LogP contribution in [0.2, 0.25) is 5.02 Å². The van der Waals surface area contributed by atoms with E-state index in [1.54, 1.807) is 7.05 Å². The lowest BCUT2D eigenvalue weighted by Crippen LogP contribution is -2.42. The molecule has 2 aromatic rings. The summed E-state index contributed by atoms with van der Waals surface area (Å²) >= 11 is 6.22. The number of benzene rings is 1. The van der Waals surface area contributed by atoms with Gasteiger partial charge in [0.15, 0.2) is 5.96 Å². The van der Waals surface area contributed by atoms with Crippen molar-refractivity contribution in [2.45, 2.75) is 39.8 Å². The number of nitrogens with one attached hydrogen (secondary N) is 2. The van der Waals surface area contributed by atoms with E-state index in [1.165, 1.54) is 0 Å². The zero-order valence-electron chi connectivity index (χ0n) is 17.4. The monoisotopic (exact) mass is 531 g/mol. The molecule has 1 fully saturated rings. The second kappa shape index (κ2) is 11.8. The third kappa shape index (κ3) is 7.15. The summed E-state index contributed by atoms with van der Waals surface area (Å²) in [5, 5.41) is 7.56. The van der Waals surface area contributed by atoms with E-state index >= 15 is 0 Å². The highest BCUT2D eigenvalue weighted by Gasteiger charge is 2.21.